The highest BCUT2D eigenvalue weighted by Crippen LogP contribution is 2.51. The quantitative estimate of drug-likeness (QED) is 0.0587. The Labute approximate surface area is 398 Å². The van der Waals surface area contributed by atoms with Crippen LogP contribution < -0.4 is 0 Å². The Morgan fingerprint density at radius 2 is 0.891 bits per heavy atom. The summed E-state index contributed by atoms with van der Waals surface area (Å²) in [6.07, 6.45) is 29.5. The third kappa shape index (κ3) is 14.3. The molecule has 5 nitrogen and oxygen atoms in total. The normalized spacial score (nSPS) is 15.5. The largest absolute Gasteiger partial charge is 0.460 e. The number of nitrogens with zero attached hydrogens (tertiary/aromatic N) is 2. The van der Waals surface area contributed by atoms with Gasteiger partial charge in [0.15, 0.2) is 0 Å². The summed E-state index contributed by atoms with van der Waals surface area (Å²) in [7, 11) is 0. The van der Waals surface area contributed by atoms with Gasteiger partial charge in [0, 0.05) is 23.9 Å². The molecule has 0 saturated carbocycles. The van der Waals surface area contributed by atoms with Crippen LogP contribution >= 0.6 is 22.7 Å². The third-order valence-electron chi connectivity index (χ3n) is 13.8. The van der Waals surface area contributed by atoms with Crippen molar-refractivity contribution in [1.82, 2.24) is 9.80 Å². The molecule has 3 aromatic rings. The number of hydrogen-bond donors (Lipinski definition) is 0. The van der Waals surface area contributed by atoms with Gasteiger partial charge in [0.1, 0.15) is 11.5 Å². The van der Waals surface area contributed by atoms with Crippen molar-refractivity contribution in [2.75, 3.05) is 13.1 Å². The van der Waals surface area contributed by atoms with Gasteiger partial charge in [-0.1, -0.05) is 191 Å². The van der Waals surface area contributed by atoms with Crippen LogP contribution in [-0.2, 0) is 15.0 Å². The van der Waals surface area contributed by atoms with Crippen molar-refractivity contribution in [3.05, 3.63) is 67.9 Å². The minimum Gasteiger partial charge on any atom is -0.460 e. The number of hydrogen-bond acceptors (Lipinski definition) is 5. The van der Waals surface area contributed by atoms with Gasteiger partial charge in [-0.3, -0.25) is 9.59 Å². The van der Waals surface area contributed by atoms with E-state index in [0.29, 0.717) is 42.0 Å². The molecule has 2 atom stereocenters. The molecule has 2 aliphatic heterocycles. The van der Waals surface area contributed by atoms with Gasteiger partial charge in [-0.05, 0) is 79.3 Å². The molecular formula is C57H88N2O3S2. The number of fused-ring (bicyclic) bond motifs is 1. The second-order valence-electron chi connectivity index (χ2n) is 20.8. The minimum atomic E-state index is -0.0348. The van der Waals surface area contributed by atoms with Crippen LogP contribution in [0.1, 0.15) is 243 Å². The number of unbranched alkanes of at least 4 members (excludes halogenated alkanes) is 16. The Morgan fingerprint density at radius 1 is 0.500 bits per heavy atom. The Hall–Kier alpha value is -2.90. The first-order valence-corrected chi connectivity index (χ1v) is 28.0. The topological polar surface area (TPSA) is 53.8 Å². The number of thiophene rings is 2. The molecule has 5 heterocycles. The smallest absolute Gasteiger partial charge is 0.261 e. The molecule has 0 spiro atoms. The summed E-state index contributed by atoms with van der Waals surface area (Å²) >= 11 is 3.44. The lowest BCUT2D eigenvalue weighted by molar-refractivity contribution is -0.124. The molecule has 0 fully saturated rings. The van der Waals surface area contributed by atoms with Gasteiger partial charge in [0.05, 0.1) is 37.2 Å². The van der Waals surface area contributed by atoms with Crippen LogP contribution in [0.5, 0.6) is 0 Å². The van der Waals surface area contributed by atoms with Crippen LogP contribution in [0.4, 0.5) is 0 Å². The maximum Gasteiger partial charge on any atom is 0.261 e. The van der Waals surface area contributed by atoms with Crippen molar-refractivity contribution in [2.45, 2.75) is 228 Å². The maximum atomic E-state index is 15.6. The first-order valence-electron chi connectivity index (χ1n) is 26.4. The standard InChI is InChI=1S/C57H88N2O3S2/c1-10-14-18-22-24-28-32-43(30-26-20-16-12-3)40-58-53(48-37-36-47(63-48)46-35-34-45(62-46)42(5)6)51-52(56(58)61)54(49-38-39-50(64-49)57(7,8)9)59(55(51)60)41-44(31-27-21-17-13-4)33-29-25-23-19-15-11-2/h34-39,42-44H,10-33,40-41H2,1-9H3. The highest BCUT2D eigenvalue weighted by Gasteiger charge is 2.50. The Morgan fingerprint density at radius 3 is 1.30 bits per heavy atom. The highest BCUT2D eigenvalue weighted by atomic mass is 32.1. The van der Waals surface area contributed by atoms with Gasteiger partial charge in [0.25, 0.3) is 11.8 Å². The summed E-state index contributed by atoms with van der Waals surface area (Å²) in [5, 5.41) is 0. The fraction of sp³-hybridized carbons (Fsp3) is 0.684. The van der Waals surface area contributed by atoms with E-state index < -0.39 is 0 Å². The van der Waals surface area contributed by atoms with Crippen LogP contribution in [0.15, 0.2) is 52.0 Å². The maximum absolute atomic E-state index is 15.6. The molecule has 2 amide bonds. The molecule has 64 heavy (non-hydrogen) atoms. The number of furan rings is 1. The molecule has 5 rings (SSSR count). The molecule has 0 aromatic carbocycles. The van der Waals surface area contributed by atoms with Gasteiger partial charge < -0.3 is 14.2 Å². The van der Waals surface area contributed by atoms with E-state index in [2.05, 4.69) is 109 Å². The molecule has 356 valence electrons. The van der Waals surface area contributed by atoms with E-state index in [9.17, 15) is 0 Å². The van der Waals surface area contributed by atoms with Gasteiger partial charge in [-0.2, -0.15) is 0 Å². The van der Waals surface area contributed by atoms with Gasteiger partial charge in [-0.15, -0.1) is 22.7 Å². The van der Waals surface area contributed by atoms with Crippen molar-refractivity contribution in [3.63, 3.8) is 0 Å². The number of amides is 2. The van der Waals surface area contributed by atoms with Crippen molar-refractivity contribution < 1.29 is 14.0 Å². The van der Waals surface area contributed by atoms with E-state index >= 15 is 9.59 Å². The summed E-state index contributed by atoms with van der Waals surface area (Å²) in [4.78, 5) is 39.8. The van der Waals surface area contributed by atoms with E-state index in [1.807, 2.05) is 0 Å². The fourth-order valence-corrected chi connectivity index (χ4v) is 12.0. The van der Waals surface area contributed by atoms with E-state index in [4.69, 9.17) is 4.42 Å². The number of rotatable bonds is 32. The second kappa shape index (κ2) is 26.4. The van der Waals surface area contributed by atoms with Crippen LogP contribution in [0.25, 0.3) is 22.0 Å². The average molecular weight is 913 g/mol. The molecular weight excluding hydrogens is 825 g/mol. The Kier molecular flexibility index (Phi) is 21.5. The third-order valence-corrected chi connectivity index (χ3v) is 16.4. The van der Waals surface area contributed by atoms with Gasteiger partial charge in [0.2, 0.25) is 0 Å². The minimum absolute atomic E-state index is 0.0218. The molecule has 0 N–H and O–H groups in total. The molecule has 2 unspecified atom stereocenters. The van der Waals surface area contributed by atoms with Crippen LogP contribution in [-0.4, -0.2) is 34.7 Å². The second-order valence-corrected chi connectivity index (χ2v) is 22.9. The van der Waals surface area contributed by atoms with Crippen molar-refractivity contribution in [2.24, 2.45) is 11.8 Å². The predicted octanol–water partition coefficient (Wildman–Crippen LogP) is 18.0. The number of carbonyl (C=O) groups excluding carboxylic acids is 2. The highest BCUT2D eigenvalue weighted by molar-refractivity contribution is 7.16. The summed E-state index contributed by atoms with van der Waals surface area (Å²) in [6.45, 7) is 21.6. The average Bonchev–Trinajstić information content (AvgIpc) is 4.12. The predicted molar refractivity (Wildman–Crippen MR) is 277 cm³/mol. The van der Waals surface area contributed by atoms with E-state index in [0.717, 1.165) is 63.2 Å². The van der Waals surface area contributed by atoms with Crippen LogP contribution in [0, 0.1) is 11.8 Å². The first-order chi connectivity index (χ1) is 30.9. The molecule has 3 aromatic heterocycles. The molecule has 0 saturated heterocycles. The summed E-state index contributed by atoms with van der Waals surface area (Å²) in [5.41, 5.74) is 2.95. The van der Waals surface area contributed by atoms with E-state index in [1.54, 1.807) is 22.7 Å². The molecule has 0 aliphatic carbocycles. The molecule has 0 bridgehead atoms. The molecule has 2 aliphatic rings. The van der Waals surface area contributed by atoms with Crippen LogP contribution in [0.3, 0.4) is 0 Å². The zero-order valence-electron chi connectivity index (χ0n) is 42.0. The SMILES string of the molecule is CCCCCCCCC(CCCCCC)CN1C(=O)C2=C(c3ccc(C(C)(C)C)s3)N(CC(CCCCCC)CCCCCCCC)C(=O)C2=C1c1ccc(-c2ccc(C(C)C)o2)s1. The lowest BCUT2D eigenvalue weighted by atomic mass is 9.93. The van der Waals surface area contributed by atoms with Crippen LogP contribution in [0.2, 0.25) is 0 Å². The van der Waals surface area contributed by atoms with E-state index in [1.165, 1.54) is 133 Å². The van der Waals surface area contributed by atoms with Gasteiger partial charge >= 0.3 is 0 Å². The zero-order valence-corrected chi connectivity index (χ0v) is 43.6. The van der Waals surface area contributed by atoms with Crippen molar-refractivity contribution in [1.29, 1.82) is 0 Å². The molecule has 7 heteroatoms. The monoisotopic (exact) mass is 913 g/mol. The lowest BCUT2D eigenvalue weighted by Crippen LogP contribution is -2.34. The Balaban J connectivity index is 1.60. The first kappa shape index (κ1) is 52.1. The molecule has 0 radical (unpaired) electrons. The lowest BCUT2D eigenvalue weighted by Gasteiger charge is -2.29. The summed E-state index contributed by atoms with van der Waals surface area (Å²) in [6, 6.07) is 12.9. The van der Waals surface area contributed by atoms with Gasteiger partial charge in [-0.25, -0.2) is 0 Å². The van der Waals surface area contributed by atoms with Crippen molar-refractivity contribution in [3.8, 4) is 10.6 Å². The number of carbonyl (C=O) groups is 2. The van der Waals surface area contributed by atoms with E-state index in [-0.39, 0.29) is 17.2 Å². The zero-order chi connectivity index (χ0) is 46.1. The summed E-state index contributed by atoms with van der Waals surface area (Å²) < 4.78 is 6.37. The van der Waals surface area contributed by atoms with Crippen molar-refractivity contribution >= 4 is 45.9 Å². The Bertz CT molecular complexity index is 1930. The fourth-order valence-electron chi connectivity index (χ4n) is 9.83. The summed E-state index contributed by atoms with van der Waals surface area (Å²) in [5.74, 6) is 2.94.